The van der Waals surface area contributed by atoms with E-state index in [9.17, 15) is 9.59 Å². The van der Waals surface area contributed by atoms with E-state index in [2.05, 4.69) is 15.0 Å². The molecule has 1 heterocycles. The van der Waals surface area contributed by atoms with Crippen LogP contribution in [-0.4, -0.2) is 48.6 Å². The number of carboxylic acids is 2. The Morgan fingerprint density at radius 1 is 0.808 bits per heavy atom. The van der Waals surface area contributed by atoms with E-state index in [1.165, 1.54) is 23.5 Å². The highest BCUT2D eigenvalue weighted by Crippen LogP contribution is 2.24. The van der Waals surface area contributed by atoms with Crippen molar-refractivity contribution in [3.05, 3.63) is 30.3 Å². The van der Waals surface area contributed by atoms with Gasteiger partial charge in [-0.1, -0.05) is 53.9 Å². The summed E-state index contributed by atoms with van der Waals surface area (Å²) in [7, 11) is 0. The molecular weight excluding hydrogens is 374 g/mol. The second-order valence-corrected chi connectivity index (χ2v) is 7.41. The van der Waals surface area contributed by atoms with E-state index in [1.54, 1.807) is 0 Å². The molecule has 0 aliphatic rings. The molecule has 9 heteroatoms. The van der Waals surface area contributed by atoms with Crippen LogP contribution in [0.25, 0.3) is 11.4 Å². The van der Waals surface area contributed by atoms with Gasteiger partial charge in [-0.15, -0.1) is 0 Å². The Hall–Kier alpha value is -2.13. The number of hydrogen-bond donors (Lipinski definition) is 2. The fourth-order valence-electron chi connectivity index (χ4n) is 1.96. The molecule has 1 aromatic carbocycles. The molecule has 0 bridgehead atoms. The van der Waals surface area contributed by atoms with Gasteiger partial charge in [0.25, 0.3) is 0 Å². The van der Waals surface area contributed by atoms with Gasteiger partial charge in [-0.2, -0.15) is 4.98 Å². The summed E-state index contributed by atoms with van der Waals surface area (Å²) in [5.74, 6) is 0.130. The molecule has 0 amide bonds. The summed E-state index contributed by atoms with van der Waals surface area (Å²) < 4.78 is 0. The number of aliphatic carboxylic acids is 2. The topological polar surface area (TPSA) is 113 Å². The Balaban J connectivity index is 2.08. The van der Waals surface area contributed by atoms with E-state index < -0.39 is 11.9 Å². The van der Waals surface area contributed by atoms with Crippen molar-refractivity contribution in [1.82, 2.24) is 15.0 Å². The molecule has 0 aliphatic heterocycles. The standard InChI is InChI=1S/C17H19N3O4S2/c21-13(22)8-4-10-25-16-18-15(12-6-2-1-3-7-12)19-17(20-16)26-11-5-9-14(23)24/h1-3,6-7H,4-5,8-11H2,(H,21,22)(H,23,24). The molecule has 138 valence electrons. The average Bonchev–Trinajstić information content (AvgIpc) is 2.63. The summed E-state index contributed by atoms with van der Waals surface area (Å²) >= 11 is 2.79. The number of rotatable bonds is 11. The third kappa shape index (κ3) is 7.40. The third-order valence-electron chi connectivity index (χ3n) is 3.16. The molecule has 2 rings (SSSR count). The van der Waals surface area contributed by atoms with Crippen molar-refractivity contribution in [3.63, 3.8) is 0 Å². The Morgan fingerprint density at radius 2 is 1.31 bits per heavy atom. The molecule has 0 saturated heterocycles. The monoisotopic (exact) mass is 393 g/mol. The molecule has 26 heavy (non-hydrogen) atoms. The number of carbonyl (C=O) groups is 2. The quantitative estimate of drug-likeness (QED) is 0.437. The summed E-state index contributed by atoms with van der Waals surface area (Å²) in [4.78, 5) is 34.5. The largest absolute Gasteiger partial charge is 0.481 e. The number of nitrogens with zero attached hydrogens (tertiary/aromatic N) is 3. The lowest BCUT2D eigenvalue weighted by Gasteiger charge is -2.07. The fraction of sp³-hybridized carbons (Fsp3) is 0.353. The van der Waals surface area contributed by atoms with Crippen LogP contribution in [0.4, 0.5) is 0 Å². The van der Waals surface area contributed by atoms with Gasteiger partial charge in [0, 0.05) is 29.9 Å². The maximum Gasteiger partial charge on any atom is 0.303 e. The normalized spacial score (nSPS) is 10.6. The first kappa shape index (κ1) is 20.2. The van der Waals surface area contributed by atoms with Crippen molar-refractivity contribution in [1.29, 1.82) is 0 Å². The first-order valence-electron chi connectivity index (χ1n) is 8.05. The van der Waals surface area contributed by atoms with Crippen molar-refractivity contribution in [3.8, 4) is 11.4 Å². The van der Waals surface area contributed by atoms with E-state index in [1.807, 2.05) is 30.3 Å². The van der Waals surface area contributed by atoms with Crippen LogP contribution in [0, 0.1) is 0 Å². The van der Waals surface area contributed by atoms with Crippen LogP contribution in [0.2, 0.25) is 0 Å². The van der Waals surface area contributed by atoms with Crippen molar-refractivity contribution < 1.29 is 19.8 Å². The van der Waals surface area contributed by atoms with Gasteiger partial charge in [-0.05, 0) is 12.8 Å². The molecule has 2 N–H and O–H groups in total. The Kier molecular flexibility index (Phi) is 8.36. The van der Waals surface area contributed by atoms with Crippen LogP contribution in [0.3, 0.4) is 0 Å². The molecule has 1 aromatic heterocycles. The lowest BCUT2D eigenvalue weighted by Crippen LogP contribution is -2.01. The summed E-state index contributed by atoms with van der Waals surface area (Å²) in [6.07, 6.45) is 1.29. The van der Waals surface area contributed by atoms with Crippen molar-refractivity contribution in [2.75, 3.05) is 11.5 Å². The molecule has 2 aromatic rings. The molecule has 0 atom stereocenters. The molecule has 0 saturated carbocycles. The zero-order chi connectivity index (χ0) is 18.8. The summed E-state index contributed by atoms with van der Waals surface area (Å²) in [5.41, 5.74) is 0.870. The molecule has 0 fully saturated rings. The van der Waals surface area contributed by atoms with Crippen LogP contribution in [0.1, 0.15) is 25.7 Å². The smallest absolute Gasteiger partial charge is 0.303 e. The minimum Gasteiger partial charge on any atom is -0.481 e. The lowest BCUT2D eigenvalue weighted by atomic mass is 10.2. The first-order valence-corrected chi connectivity index (χ1v) is 10.0. The van der Waals surface area contributed by atoms with Crippen LogP contribution < -0.4 is 0 Å². The molecule has 0 radical (unpaired) electrons. The van der Waals surface area contributed by atoms with Gasteiger partial charge < -0.3 is 10.2 Å². The molecular formula is C17H19N3O4S2. The number of aromatic nitrogens is 3. The Morgan fingerprint density at radius 3 is 1.77 bits per heavy atom. The fourth-order valence-corrected chi connectivity index (χ4v) is 3.56. The highest BCUT2D eigenvalue weighted by atomic mass is 32.2. The summed E-state index contributed by atoms with van der Waals surface area (Å²) in [6, 6.07) is 9.53. The minimum atomic E-state index is -0.819. The zero-order valence-corrected chi connectivity index (χ0v) is 15.6. The molecule has 0 aliphatic carbocycles. The van der Waals surface area contributed by atoms with Crippen molar-refractivity contribution in [2.45, 2.75) is 36.0 Å². The summed E-state index contributed by atoms with van der Waals surface area (Å²) in [6.45, 7) is 0. The second-order valence-electron chi connectivity index (χ2n) is 5.28. The van der Waals surface area contributed by atoms with Crippen LogP contribution in [-0.2, 0) is 9.59 Å². The number of benzene rings is 1. The van der Waals surface area contributed by atoms with E-state index in [4.69, 9.17) is 10.2 Å². The van der Waals surface area contributed by atoms with E-state index in [0.717, 1.165) is 5.56 Å². The van der Waals surface area contributed by atoms with Gasteiger partial charge in [0.2, 0.25) is 0 Å². The predicted molar refractivity (Wildman–Crippen MR) is 100 cm³/mol. The maximum atomic E-state index is 10.6. The lowest BCUT2D eigenvalue weighted by molar-refractivity contribution is -0.138. The van der Waals surface area contributed by atoms with Crippen LogP contribution >= 0.6 is 23.5 Å². The summed E-state index contributed by atoms with van der Waals surface area (Å²) in [5, 5.41) is 18.5. The van der Waals surface area contributed by atoms with Gasteiger partial charge in [0.15, 0.2) is 16.1 Å². The van der Waals surface area contributed by atoms with E-state index in [0.29, 0.717) is 40.5 Å². The highest BCUT2D eigenvalue weighted by molar-refractivity contribution is 7.99. The van der Waals surface area contributed by atoms with Crippen LogP contribution in [0.5, 0.6) is 0 Å². The Bertz CT molecular complexity index is 704. The first-order chi connectivity index (χ1) is 12.5. The van der Waals surface area contributed by atoms with Crippen molar-refractivity contribution >= 4 is 35.5 Å². The van der Waals surface area contributed by atoms with E-state index in [-0.39, 0.29) is 12.8 Å². The maximum absolute atomic E-state index is 10.6. The average molecular weight is 393 g/mol. The van der Waals surface area contributed by atoms with Gasteiger partial charge in [0.1, 0.15) is 0 Å². The molecule has 0 unspecified atom stereocenters. The zero-order valence-electron chi connectivity index (χ0n) is 14.0. The van der Waals surface area contributed by atoms with E-state index >= 15 is 0 Å². The third-order valence-corrected chi connectivity index (χ3v) is 5.03. The van der Waals surface area contributed by atoms with Gasteiger partial charge in [-0.3, -0.25) is 9.59 Å². The Labute approximate surface area is 159 Å². The van der Waals surface area contributed by atoms with Crippen LogP contribution in [0.15, 0.2) is 40.6 Å². The number of thioether (sulfide) groups is 2. The van der Waals surface area contributed by atoms with Gasteiger partial charge in [0.05, 0.1) is 0 Å². The SMILES string of the molecule is O=C(O)CCCSc1nc(SCCCC(=O)O)nc(-c2ccccc2)n1. The second kappa shape index (κ2) is 10.8. The molecule has 0 spiro atoms. The number of carboxylic acid groups (broad SMARTS) is 2. The number of hydrogen-bond acceptors (Lipinski definition) is 7. The highest BCUT2D eigenvalue weighted by Gasteiger charge is 2.10. The predicted octanol–water partition coefficient (Wildman–Crippen LogP) is 3.45. The molecule has 7 nitrogen and oxygen atoms in total. The van der Waals surface area contributed by atoms with Gasteiger partial charge >= 0.3 is 11.9 Å². The van der Waals surface area contributed by atoms with Crippen molar-refractivity contribution in [2.24, 2.45) is 0 Å². The van der Waals surface area contributed by atoms with Gasteiger partial charge in [-0.25, -0.2) is 9.97 Å². The minimum absolute atomic E-state index is 0.112.